The predicted octanol–water partition coefficient (Wildman–Crippen LogP) is 2.37. The van der Waals surface area contributed by atoms with Crippen LogP contribution in [0.3, 0.4) is 0 Å². The zero-order chi connectivity index (χ0) is 13.5. The van der Waals surface area contributed by atoms with Crippen LogP contribution in [0, 0.1) is 0 Å². The van der Waals surface area contributed by atoms with Crippen LogP contribution >= 0.6 is 0 Å². The third kappa shape index (κ3) is 3.82. The number of esters is 1. The lowest BCUT2D eigenvalue weighted by atomic mass is 10.2. The number of ether oxygens (including phenoxy) is 1. The minimum Gasteiger partial charge on any atom is -0.457 e. The molecule has 0 amide bonds. The van der Waals surface area contributed by atoms with Crippen LogP contribution in [0.15, 0.2) is 54.6 Å². The lowest BCUT2D eigenvalue weighted by molar-refractivity contribution is 0.0473. The molecule has 0 spiro atoms. The highest BCUT2D eigenvalue weighted by Crippen LogP contribution is 2.11. The Morgan fingerprint density at radius 2 is 1.74 bits per heavy atom. The lowest BCUT2D eigenvalue weighted by Gasteiger charge is -2.06. The van der Waals surface area contributed by atoms with Gasteiger partial charge in [0.05, 0.1) is 12.2 Å². The number of anilines is 1. The molecule has 0 saturated heterocycles. The Morgan fingerprint density at radius 1 is 1.05 bits per heavy atom. The van der Waals surface area contributed by atoms with Gasteiger partial charge in [0.15, 0.2) is 0 Å². The van der Waals surface area contributed by atoms with E-state index in [1.54, 1.807) is 24.3 Å². The number of rotatable bonds is 5. The van der Waals surface area contributed by atoms with E-state index in [0.717, 1.165) is 11.3 Å². The van der Waals surface area contributed by atoms with Crippen LogP contribution < -0.4 is 11.1 Å². The van der Waals surface area contributed by atoms with Gasteiger partial charge >= 0.3 is 5.97 Å². The van der Waals surface area contributed by atoms with Gasteiger partial charge in [0.2, 0.25) is 0 Å². The van der Waals surface area contributed by atoms with Gasteiger partial charge in [0, 0.05) is 5.69 Å². The standard InChI is InChI=1S/C15H16N2O2/c16-11-17-14-8-6-13(7-9-14)15(18)19-10-12-4-2-1-3-5-12/h1-9,17H,10-11,16H2. The molecule has 0 atom stereocenters. The van der Waals surface area contributed by atoms with Gasteiger partial charge in [-0.15, -0.1) is 0 Å². The molecule has 19 heavy (non-hydrogen) atoms. The quantitative estimate of drug-likeness (QED) is 0.636. The van der Waals surface area contributed by atoms with Crippen LogP contribution in [0.2, 0.25) is 0 Å². The highest BCUT2D eigenvalue weighted by Gasteiger charge is 2.06. The number of benzene rings is 2. The summed E-state index contributed by atoms with van der Waals surface area (Å²) in [6.07, 6.45) is 0. The summed E-state index contributed by atoms with van der Waals surface area (Å²) in [5, 5.41) is 2.96. The number of hydrogen-bond acceptors (Lipinski definition) is 4. The van der Waals surface area contributed by atoms with Crippen molar-refractivity contribution in [3.63, 3.8) is 0 Å². The maximum atomic E-state index is 11.8. The first-order valence-corrected chi connectivity index (χ1v) is 6.04. The molecular formula is C15H16N2O2. The molecule has 0 aromatic heterocycles. The smallest absolute Gasteiger partial charge is 0.338 e. The second-order valence-corrected chi connectivity index (χ2v) is 4.02. The molecule has 4 heteroatoms. The third-order valence-electron chi connectivity index (χ3n) is 2.64. The lowest BCUT2D eigenvalue weighted by Crippen LogP contribution is -2.11. The SMILES string of the molecule is NCNc1ccc(C(=O)OCc2ccccc2)cc1. The van der Waals surface area contributed by atoms with Crippen molar-refractivity contribution in [2.45, 2.75) is 6.61 Å². The second kappa shape index (κ2) is 6.56. The number of nitrogens with two attached hydrogens (primary N) is 1. The summed E-state index contributed by atoms with van der Waals surface area (Å²) >= 11 is 0. The Balaban J connectivity index is 1.92. The predicted molar refractivity (Wildman–Crippen MR) is 74.7 cm³/mol. The Morgan fingerprint density at radius 3 is 2.37 bits per heavy atom. The van der Waals surface area contributed by atoms with Gasteiger partial charge < -0.3 is 15.8 Å². The van der Waals surface area contributed by atoms with Crippen molar-refractivity contribution < 1.29 is 9.53 Å². The maximum Gasteiger partial charge on any atom is 0.338 e. The average Bonchev–Trinajstić information content (AvgIpc) is 2.47. The minimum atomic E-state index is -0.330. The summed E-state index contributed by atoms with van der Waals surface area (Å²) < 4.78 is 5.23. The monoisotopic (exact) mass is 256 g/mol. The van der Waals surface area contributed by atoms with Crippen molar-refractivity contribution in [1.29, 1.82) is 0 Å². The van der Waals surface area contributed by atoms with Crippen LogP contribution in [-0.4, -0.2) is 12.6 Å². The molecule has 4 nitrogen and oxygen atoms in total. The summed E-state index contributed by atoms with van der Waals surface area (Å²) in [6.45, 7) is 0.639. The van der Waals surface area contributed by atoms with E-state index in [2.05, 4.69) is 5.32 Å². The van der Waals surface area contributed by atoms with Crippen molar-refractivity contribution in [3.05, 3.63) is 65.7 Å². The zero-order valence-corrected chi connectivity index (χ0v) is 10.5. The number of carbonyl (C=O) groups is 1. The summed E-state index contributed by atoms with van der Waals surface area (Å²) in [5.74, 6) is -0.330. The molecule has 0 bridgehead atoms. The first kappa shape index (κ1) is 13.1. The minimum absolute atomic E-state index is 0.280. The fourth-order valence-corrected chi connectivity index (χ4v) is 1.65. The number of carbonyl (C=O) groups excluding carboxylic acids is 1. The van der Waals surface area contributed by atoms with Crippen molar-refractivity contribution in [1.82, 2.24) is 0 Å². The van der Waals surface area contributed by atoms with E-state index in [4.69, 9.17) is 10.5 Å². The molecule has 98 valence electrons. The average molecular weight is 256 g/mol. The molecule has 0 heterocycles. The van der Waals surface area contributed by atoms with Crippen molar-refractivity contribution in [2.75, 3.05) is 12.0 Å². The van der Waals surface area contributed by atoms with Crippen LogP contribution in [-0.2, 0) is 11.3 Å². The highest BCUT2D eigenvalue weighted by molar-refractivity contribution is 5.89. The summed E-state index contributed by atoms with van der Waals surface area (Å²) in [5.41, 5.74) is 7.74. The molecule has 2 aromatic carbocycles. The molecule has 0 unspecified atom stereocenters. The molecule has 0 aliphatic rings. The van der Waals surface area contributed by atoms with E-state index in [0.29, 0.717) is 12.2 Å². The van der Waals surface area contributed by atoms with Crippen molar-refractivity contribution in [3.8, 4) is 0 Å². The van der Waals surface area contributed by atoms with Crippen LogP contribution in [0.5, 0.6) is 0 Å². The molecule has 2 rings (SSSR count). The fraction of sp³-hybridized carbons (Fsp3) is 0.133. The van der Waals surface area contributed by atoms with Crippen LogP contribution in [0.4, 0.5) is 5.69 Å². The van der Waals surface area contributed by atoms with E-state index in [9.17, 15) is 4.79 Å². The van der Waals surface area contributed by atoms with E-state index >= 15 is 0 Å². The Labute approximate surface area is 112 Å². The molecule has 0 aliphatic heterocycles. The van der Waals surface area contributed by atoms with Gasteiger partial charge in [-0.25, -0.2) is 4.79 Å². The second-order valence-electron chi connectivity index (χ2n) is 4.02. The first-order chi connectivity index (χ1) is 9.29. The molecule has 0 saturated carbocycles. The van der Waals surface area contributed by atoms with Gasteiger partial charge in [-0.05, 0) is 29.8 Å². The van der Waals surface area contributed by atoms with Gasteiger partial charge in [0.25, 0.3) is 0 Å². The summed E-state index contributed by atoms with van der Waals surface area (Å²) in [4.78, 5) is 11.8. The molecule has 0 fully saturated rings. The Kier molecular flexibility index (Phi) is 4.53. The van der Waals surface area contributed by atoms with Gasteiger partial charge in [-0.1, -0.05) is 30.3 Å². The van der Waals surface area contributed by atoms with Crippen molar-refractivity contribution in [2.24, 2.45) is 5.73 Å². The van der Waals surface area contributed by atoms with Crippen molar-refractivity contribution >= 4 is 11.7 Å². The Bertz CT molecular complexity index is 524. The number of hydrogen-bond donors (Lipinski definition) is 2. The van der Waals surface area contributed by atoms with Gasteiger partial charge in [-0.2, -0.15) is 0 Å². The largest absolute Gasteiger partial charge is 0.457 e. The molecule has 0 aliphatic carbocycles. The van der Waals surface area contributed by atoms with Gasteiger partial charge in [-0.3, -0.25) is 0 Å². The normalized spacial score (nSPS) is 9.95. The molecule has 3 N–H and O–H groups in total. The Hall–Kier alpha value is -2.33. The molecule has 2 aromatic rings. The van der Waals surface area contributed by atoms with E-state index in [1.165, 1.54) is 0 Å². The van der Waals surface area contributed by atoms with Crippen LogP contribution in [0.25, 0.3) is 0 Å². The van der Waals surface area contributed by atoms with E-state index in [-0.39, 0.29) is 12.6 Å². The summed E-state index contributed by atoms with van der Waals surface area (Å²) in [7, 11) is 0. The van der Waals surface area contributed by atoms with E-state index in [1.807, 2.05) is 30.3 Å². The molecular weight excluding hydrogens is 240 g/mol. The number of nitrogens with one attached hydrogen (secondary N) is 1. The fourth-order valence-electron chi connectivity index (χ4n) is 1.65. The van der Waals surface area contributed by atoms with Gasteiger partial charge in [0.1, 0.15) is 6.61 Å². The maximum absolute atomic E-state index is 11.8. The van der Waals surface area contributed by atoms with Crippen LogP contribution in [0.1, 0.15) is 15.9 Å². The summed E-state index contributed by atoms with van der Waals surface area (Å²) in [6, 6.07) is 16.6. The third-order valence-corrected chi connectivity index (χ3v) is 2.64. The highest BCUT2D eigenvalue weighted by atomic mass is 16.5. The molecule has 0 radical (unpaired) electrons. The topological polar surface area (TPSA) is 64.3 Å². The first-order valence-electron chi connectivity index (χ1n) is 6.04. The zero-order valence-electron chi connectivity index (χ0n) is 10.5. The van der Waals surface area contributed by atoms with E-state index < -0.39 is 0 Å².